The maximum Gasteiger partial charge on any atom is 0.174 e. The van der Waals surface area contributed by atoms with Crippen LogP contribution in [0, 0.1) is 0 Å². The molecular formula is C20H23N3SSi. The summed E-state index contributed by atoms with van der Waals surface area (Å²) in [5.74, 6) is 0. The highest BCUT2D eigenvalue weighted by atomic mass is 32.2. The molecule has 0 amide bonds. The minimum absolute atomic E-state index is 0.144. The number of para-hydroxylation sites is 2. The first-order valence-electron chi connectivity index (χ1n) is 8.67. The van der Waals surface area contributed by atoms with Crippen LogP contribution in [0.25, 0.3) is 11.0 Å². The molecule has 25 heavy (non-hydrogen) atoms. The number of nitrogens with zero attached hydrogens (tertiary/aromatic N) is 2. The van der Waals surface area contributed by atoms with E-state index in [1.54, 1.807) is 0 Å². The van der Waals surface area contributed by atoms with E-state index in [0.717, 1.165) is 17.2 Å². The summed E-state index contributed by atoms with van der Waals surface area (Å²) in [6, 6.07) is 19.0. The van der Waals surface area contributed by atoms with Crippen LogP contribution in [0.4, 0.5) is 0 Å². The average molecular weight is 366 g/mol. The number of nitrogens with one attached hydrogen (secondary N) is 1. The van der Waals surface area contributed by atoms with Gasteiger partial charge in [-0.1, -0.05) is 73.9 Å². The van der Waals surface area contributed by atoms with Crippen molar-refractivity contribution < 1.29 is 0 Å². The maximum atomic E-state index is 4.89. The highest BCUT2D eigenvalue weighted by Crippen LogP contribution is 2.41. The summed E-state index contributed by atoms with van der Waals surface area (Å²) < 4.78 is 3.84. The summed E-state index contributed by atoms with van der Waals surface area (Å²) >= 11 is 1.85. The normalized spacial score (nSPS) is 17.4. The van der Waals surface area contributed by atoms with E-state index >= 15 is 0 Å². The van der Waals surface area contributed by atoms with Crippen LogP contribution in [0.5, 0.6) is 0 Å². The van der Waals surface area contributed by atoms with Gasteiger partial charge in [0.2, 0.25) is 0 Å². The quantitative estimate of drug-likeness (QED) is 0.645. The maximum absolute atomic E-state index is 4.89. The number of rotatable bonds is 4. The Bertz CT molecular complexity index is 925. The van der Waals surface area contributed by atoms with Gasteiger partial charge < -0.3 is 0 Å². The van der Waals surface area contributed by atoms with E-state index < -0.39 is 8.07 Å². The standard InChI is InChI=1S/C20H23N3SSi/c1-25(2,3)19-13-18(21-14-15-9-5-4-6-10-15)23-17-12-8-7-11-16(17)22-20(23)24-19/h4-13,18,21H,14H2,1-3H3. The SMILES string of the molecule is C[Si](C)(C)C1=CC(NCc2ccccc2)n2c(nc3ccccc32)S1. The van der Waals surface area contributed by atoms with E-state index in [2.05, 4.69) is 90.2 Å². The smallest absolute Gasteiger partial charge is 0.174 e. The van der Waals surface area contributed by atoms with Crippen molar-refractivity contribution in [3.8, 4) is 0 Å². The molecule has 3 nitrogen and oxygen atoms in total. The van der Waals surface area contributed by atoms with Crippen molar-refractivity contribution in [1.82, 2.24) is 14.9 Å². The van der Waals surface area contributed by atoms with Gasteiger partial charge in [-0.05, 0) is 28.3 Å². The first-order chi connectivity index (χ1) is 12.0. The van der Waals surface area contributed by atoms with Gasteiger partial charge in [0.25, 0.3) is 0 Å². The minimum atomic E-state index is -1.39. The van der Waals surface area contributed by atoms with Crippen LogP contribution in [0.3, 0.4) is 0 Å². The summed E-state index contributed by atoms with van der Waals surface area (Å²) in [6.07, 6.45) is 2.56. The largest absolute Gasteiger partial charge is 0.299 e. The van der Waals surface area contributed by atoms with E-state index in [1.807, 2.05) is 11.8 Å². The van der Waals surface area contributed by atoms with E-state index in [0.29, 0.717) is 0 Å². The third-order valence-corrected chi connectivity index (χ3v) is 9.06. The lowest BCUT2D eigenvalue weighted by atomic mass is 10.2. The second kappa shape index (κ2) is 6.48. The zero-order valence-corrected chi connectivity index (χ0v) is 16.7. The highest BCUT2D eigenvalue weighted by molar-refractivity contribution is 8.05. The Labute approximate surface area is 154 Å². The second-order valence-electron chi connectivity index (χ2n) is 7.45. The Balaban J connectivity index is 1.73. The van der Waals surface area contributed by atoms with Crippen molar-refractivity contribution in [2.45, 2.75) is 37.5 Å². The molecule has 1 aliphatic rings. The van der Waals surface area contributed by atoms with Crippen LogP contribution in [-0.4, -0.2) is 17.6 Å². The van der Waals surface area contributed by atoms with Crippen LogP contribution >= 0.6 is 11.8 Å². The number of hydrogen-bond acceptors (Lipinski definition) is 3. The molecule has 0 fully saturated rings. The third-order valence-electron chi connectivity index (χ3n) is 4.45. The summed E-state index contributed by atoms with van der Waals surface area (Å²) in [6.45, 7) is 8.05. The molecule has 0 radical (unpaired) electrons. The first-order valence-corrected chi connectivity index (χ1v) is 13.0. The number of benzene rings is 2. The van der Waals surface area contributed by atoms with E-state index in [1.165, 1.54) is 15.6 Å². The number of aromatic nitrogens is 2. The fourth-order valence-corrected chi connectivity index (χ4v) is 6.09. The van der Waals surface area contributed by atoms with Crippen molar-refractivity contribution in [3.05, 3.63) is 70.8 Å². The monoisotopic (exact) mass is 365 g/mol. The first kappa shape index (κ1) is 16.6. The topological polar surface area (TPSA) is 29.9 Å². The molecule has 1 aromatic heterocycles. The summed E-state index contributed by atoms with van der Waals surface area (Å²) in [5, 5.41) is 4.83. The Morgan fingerprint density at radius 1 is 1.04 bits per heavy atom. The van der Waals surface area contributed by atoms with Gasteiger partial charge in [0.15, 0.2) is 5.16 Å². The van der Waals surface area contributed by atoms with Crippen molar-refractivity contribution in [3.63, 3.8) is 0 Å². The number of fused-ring (bicyclic) bond motifs is 3. The van der Waals surface area contributed by atoms with Crippen molar-refractivity contribution in [1.29, 1.82) is 0 Å². The molecule has 2 aromatic carbocycles. The summed E-state index contributed by atoms with van der Waals surface area (Å²) in [5.41, 5.74) is 3.57. The van der Waals surface area contributed by atoms with Gasteiger partial charge >= 0.3 is 0 Å². The van der Waals surface area contributed by atoms with Crippen LogP contribution in [0.1, 0.15) is 11.7 Å². The Hall–Kier alpha value is -1.82. The second-order valence-corrected chi connectivity index (χ2v) is 13.9. The van der Waals surface area contributed by atoms with Gasteiger partial charge in [-0.15, -0.1) is 0 Å². The molecular weight excluding hydrogens is 342 g/mol. The number of thioether (sulfide) groups is 1. The van der Waals surface area contributed by atoms with E-state index in [9.17, 15) is 0 Å². The van der Waals surface area contributed by atoms with Gasteiger partial charge in [0, 0.05) is 6.54 Å². The minimum Gasteiger partial charge on any atom is -0.299 e. The molecule has 1 aliphatic heterocycles. The molecule has 3 aromatic rings. The fourth-order valence-electron chi connectivity index (χ4n) is 3.09. The van der Waals surface area contributed by atoms with Crippen LogP contribution in [0.2, 0.25) is 19.6 Å². The third kappa shape index (κ3) is 3.32. The van der Waals surface area contributed by atoms with Crippen LogP contribution < -0.4 is 5.32 Å². The van der Waals surface area contributed by atoms with Gasteiger partial charge in [-0.2, -0.15) is 0 Å². The van der Waals surface area contributed by atoms with Crippen LogP contribution in [0.15, 0.2) is 70.4 Å². The fraction of sp³-hybridized carbons (Fsp3) is 0.250. The lowest BCUT2D eigenvalue weighted by Crippen LogP contribution is -2.32. The molecule has 1 N–H and O–H groups in total. The van der Waals surface area contributed by atoms with Gasteiger partial charge in [0.05, 0.1) is 19.1 Å². The molecule has 0 aliphatic carbocycles. The van der Waals surface area contributed by atoms with Crippen molar-refractivity contribution in [2.75, 3.05) is 0 Å². The summed E-state index contributed by atoms with van der Waals surface area (Å²) in [4.78, 5) is 4.89. The zero-order valence-electron chi connectivity index (χ0n) is 14.9. The lowest BCUT2D eigenvalue weighted by Gasteiger charge is -2.30. The zero-order chi connectivity index (χ0) is 17.4. The van der Waals surface area contributed by atoms with Gasteiger partial charge in [-0.25, -0.2) is 4.98 Å². The van der Waals surface area contributed by atoms with Crippen molar-refractivity contribution in [2.24, 2.45) is 0 Å². The molecule has 128 valence electrons. The average Bonchev–Trinajstić information content (AvgIpc) is 2.98. The number of hydrogen-bond donors (Lipinski definition) is 1. The molecule has 2 heterocycles. The molecule has 4 rings (SSSR count). The molecule has 0 saturated carbocycles. The molecule has 1 unspecified atom stereocenters. The molecule has 5 heteroatoms. The molecule has 0 bridgehead atoms. The van der Waals surface area contributed by atoms with Gasteiger partial charge in [0.1, 0.15) is 6.17 Å². The predicted octanol–water partition coefficient (Wildman–Crippen LogP) is 5.19. The summed E-state index contributed by atoms with van der Waals surface area (Å²) in [7, 11) is -1.39. The van der Waals surface area contributed by atoms with Crippen molar-refractivity contribution >= 4 is 30.9 Å². The molecule has 0 spiro atoms. The Morgan fingerprint density at radius 2 is 1.76 bits per heavy atom. The molecule has 1 atom stereocenters. The number of imidazole rings is 1. The molecule has 0 saturated heterocycles. The Kier molecular flexibility index (Phi) is 4.31. The Morgan fingerprint density at radius 3 is 2.52 bits per heavy atom. The van der Waals surface area contributed by atoms with Crippen LogP contribution in [-0.2, 0) is 6.54 Å². The predicted molar refractivity (Wildman–Crippen MR) is 109 cm³/mol. The van der Waals surface area contributed by atoms with Gasteiger partial charge in [-0.3, -0.25) is 9.88 Å². The highest BCUT2D eigenvalue weighted by Gasteiger charge is 2.30. The van der Waals surface area contributed by atoms with E-state index in [4.69, 9.17) is 4.98 Å². The lowest BCUT2D eigenvalue weighted by molar-refractivity contribution is 0.459. The van der Waals surface area contributed by atoms with E-state index in [-0.39, 0.29) is 6.17 Å².